The van der Waals surface area contributed by atoms with E-state index in [9.17, 15) is 10.2 Å². The first-order valence-corrected chi connectivity index (χ1v) is 9.25. The summed E-state index contributed by atoms with van der Waals surface area (Å²) >= 11 is 0. The lowest BCUT2D eigenvalue weighted by Crippen LogP contribution is -2.05. The molecule has 0 aliphatic heterocycles. The average molecular weight is 308 g/mol. The number of hydrogen-bond acceptors (Lipinski definition) is 2. The van der Waals surface area contributed by atoms with Crippen LogP contribution in [0.4, 0.5) is 0 Å². The van der Waals surface area contributed by atoms with E-state index in [1.165, 1.54) is 44.1 Å². The van der Waals surface area contributed by atoms with Gasteiger partial charge in [0.05, 0.1) is 0 Å². The molecular formula is C21H24O2. The first-order valence-electron chi connectivity index (χ1n) is 9.25. The van der Waals surface area contributed by atoms with Crippen LogP contribution in [-0.4, -0.2) is 10.2 Å². The molecule has 3 aliphatic carbocycles. The largest absolute Gasteiger partial charge is 0.507 e. The van der Waals surface area contributed by atoms with E-state index in [1.807, 2.05) is 6.07 Å². The van der Waals surface area contributed by atoms with Gasteiger partial charge in [0.1, 0.15) is 11.5 Å². The molecule has 2 bridgehead atoms. The van der Waals surface area contributed by atoms with Crippen molar-refractivity contribution in [2.45, 2.75) is 69.1 Å². The molecule has 2 heteroatoms. The van der Waals surface area contributed by atoms with Gasteiger partial charge in [-0.1, -0.05) is 31.4 Å². The van der Waals surface area contributed by atoms with E-state index < -0.39 is 0 Å². The summed E-state index contributed by atoms with van der Waals surface area (Å²) in [4.78, 5) is 0. The molecule has 0 aromatic heterocycles. The predicted octanol–water partition coefficient (Wildman–Crippen LogP) is 5.66. The number of fused-ring (bicyclic) bond motifs is 6. The first-order chi connectivity index (χ1) is 11.2. The lowest BCUT2D eigenvalue weighted by atomic mass is 9.82. The van der Waals surface area contributed by atoms with Crippen LogP contribution in [0.15, 0.2) is 18.2 Å². The average Bonchev–Trinajstić information content (AvgIpc) is 3.21. The smallest absolute Gasteiger partial charge is 0.127 e. The van der Waals surface area contributed by atoms with Gasteiger partial charge in [-0.2, -0.15) is 0 Å². The number of rotatable bonds is 1. The fourth-order valence-corrected chi connectivity index (χ4v) is 5.53. The standard InChI is InChI=1S/C21H24O2/c22-20-16-9-8-13(12-4-2-1-3-5-12)11-17(16)21(23)19-15-7-6-14(10-15)18(19)20/h8-9,11-12,14-15,22-23H,1-7,10H2. The summed E-state index contributed by atoms with van der Waals surface area (Å²) in [6.07, 6.45) is 9.94. The van der Waals surface area contributed by atoms with Crippen molar-refractivity contribution in [2.75, 3.05) is 0 Å². The molecule has 0 spiro atoms. The van der Waals surface area contributed by atoms with Gasteiger partial charge in [0.2, 0.25) is 0 Å². The highest BCUT2D eigenvalue weighted by Gasteiger charge is 2.41. The van der Waals surface area contributed by atoms with Crippen LogP contribution >= 0.6 is 0 Å². The Labute approximate surface area is 137 Å². The zero-order valence-electron chi connectivity index (χ0n) is 13.5. The fraction of sp³-hybridized carbons (Fsp3) is 0.524. The molecule has 2 unspecified atom stereocenters. The Morgan fingerprint density at radius 2 is 1.35 bits per heavy atom. The fourth-order valence-electron chi connectivity index (χ4n) is 5.53. The molecule has 3 aliphatic rings. The van der Waals surface area contributed by atoms with Gasteiger partial charge >= 0.3 is 0 Å². The van der Waals surface area contributed by atoms with E-state index >= 15 is 0 Å². The summed E-state index contributed by atoms with van der Waals surface area (Å²) in [5.41, 5.74) is 3.46. The van der Waals surface area contributed by atoms with E-state index in [0.717, 1.165) is 34.7 Å². The molecule has 23 heavy (non-hydrogen) atoms. The van der Waals surface area contributed by atoms with E-state index in [4.69, 9.17) is 0 Å². The number of phenolic OH excluding ortho intramolecular Hbond substituents is 2. The molecule has 2 N–H and O–H groups in total. The highest BCUT2D eigenvalue weighted by molar-refractivity contribution is 5.97. The van der Waals surface area contributed by atoms with Crippen molar-refractivity contribution in [3.8, 4) is 11.5 Å². The van der Waals surface area contributed by atoms with Crippen molar-refractivity contribution in [1.82, 2.24) is 0 Å². The maximum absolute atomic E-state index is 10.9. The van der Waals surface area contributed by atoms with Crippen molar-refractivity contribution in [1.29, 1.82) is 0 Å². The minimum Gasteiger partial charge on any atom is -0.507 e. The summed E-state index contributed by atoms with van der Waals surface area (Å²) in [5.74, 6) is 2.44. The van der Waals surface area contributed by atoms with Gasteiger partial charge in [-0.25, -0.2) is 0 Å². The molecule has 2 fully saturated rings. The van der Waals surface area contributed by atoms with Crippen LogP contribution in [0.25, 0.3) is 10.8 Å². The van der Waals surface area contributed by atoms with Crippen LogP contribution in [0.5, 0.6) is 11.5 Å². The van der Waals surface area contributed by atoms with E-state index in [1.54, 1.807) is 0 Å². The number of phenols is 2. The van der Waals surface area contributed by atoms with Gasteiger partial charge in [-0.3, -0.25) is 0 Å². The number of hydrogen-bond donors (Lipinski definition) is 2. The van der Waals surface area contributed by atoms with Gasteiger partial charge in [0.15, 0.2) is 0 Å². The lowest BCUT2D eigenvalue weighted by Gasteiger charge is -2.24. The van der Waals surface area contributed by atoms with Gasteiger partial charge in [0.25, 0.3) is 0 Å². The molecule has 0 amide bonds. The molecule has 2 nitrogen and oxygen atoms in total. The molecule has 2 aromatic carbocycles. The summed E-state index contributed by atoms with van der Waals surface area (Å²) in [6.45, 7) is 0. The van der Waals surface area contributed by atoms with Crippen LogP contribution in [0.2, 0.25) is 0 Å². The number of aromatic hydroxyl groups is 2. The van der Waals surface area contributed by atoms with Crippen LogP contribution in [0.1, 0.15) is 85.8 Å². The first kappa shape index (κ1) is 13.7. The quantitative estimate of drug-likeness (QED) is 0.667. The molecule has 5 rings (SSSR count). The minimum absolute atomic E-state index is 0.440. The van der Waals surface area contributed by atoms with E-state index in [-0.39, 0.29) is 0 Å². The zero-order valence-corrected chi connectivity index (χ0v) is 13.5. The Kier molecular flexibility index (Phi) is 2.92. The Morgan fingerprint density at radius 1 is 0.696 bits per heavy atom. The molecule has 2 atom stereocenters. The van der Waals surface area contributed by atoms with Gasteiger partial charge in [0, 0.05) is 21.9 Å². The lowest BCUT2D eigenvalue weighted by molar-refractivity contribution is 0.442. The topological polar surface area (TPSA) is 40.5 Å². The minimum atomic E-state index is 0.440. The third-order valence-corrected chi connectivity index (χ3v) is 6.68. The predicted molar refractivity (Wildman–Crippen MR) is 92.4 cm³/mol. The van der Waals surface area contributed by atoms with E-state index in [0.29, 0.717) is 29.3 Å². The van der Waals surface area contributed by atoms with Crippen molar-refractivity contribution in [2.24, 2.45) is 0 Å². The van der Waals surface area contributed by atoms with Crippen LogP contribution in [-0.2, 0) is 0 Å². The van der Waals surface area contributed by atoms with Gasteiger partial charge < -0.3 is 10.2 Å². The Balaban J connectivity index is 1.70. The molecule has 120 valence electrons. The molecule has 2 aromatic rings. The maximum atomic E-state index is 10.9. The normalized spacial score (nSPS) is 26.8. The highest BCUT2D eigenvalue weighted by Crippen LogP contribution is 2.60. The second-order valence-electron chi connectivity index (χ2n) is 7.87. The Morgan fingerprint density at radius 3 is 2.04 bits per heavy atom. The summed E-state index contributed by atoms with van der Waals surface area (Å²) < 4.78 is 0. The molecule has 0 radical (unpaired) electrons. The molecule has 2 saturated carbocycles. The summed E-state index contributed by atoms with van der Waals surface area (Å²) in [5, 5.41) is 23.4. The zero-order chi connectivity index (χ0) is 15.6. The van der Waals surface area contributed by atoms with Crippen LogP contribution in [0.3, 0.4) is 0 Å². The molecule has 0 saturated heterocycles. The third kappa shape index (κ3) is 1.87. The maximum Gasteiger partial charge on any atom is 0.127 e. The Hall–Kier alpha value is -1.70. The number of benzene rings is 2. The Bertz CT molecular complexity index is 786. The summed E-state index contributed by atoms with van der Waals surface area (Å²) in [7, 11) is 0. The second kappa shape index (κ2) is 4.90. The molecule has 0 heterocycles. The molecular weight excluding hydrogens is 284 g/mol. The van der Waals surface area contributed by atoms with Crippen molar-refractivity contribution in [3.63, 3.8) is 0 Å². The van der Waals surface area contributed by atoms with E-state index in [2.05, 4.69) is 12.1 Å². The van der Waals surface area contributed by atoms with Gasteiger partial charge in [-0.15, -0.1) is 0 Å². The summed E-state index contributed by atoms with van der Waals surface area (Å²) in [6, 6.07) is 6.38. The van der Waals surface area contributed by atoms with Crippen molar-refractivity contribution >= 4 is 10.8 Å². The SMILES string of the molecule is Oc1c2c(c(O)c3cc(C4CCCCC4)ccc13)C1CCC2C1. The van der Waals surface area contributed by atoms with Crippen molar-refractivity contribution < 1.29 is 10.2 Å². The van der Waals surface area contributed by atoms with Crippen LogP contribution < -0.4 is 0 Å². The third-order valence-electron chi connectivity index (χ3n) is 6.68. The van der Waals surface area contributed by atoms with Crippen LogP contribution in [0, 0.1) is 0 Å². The monoisotopic (exact) mass is 308 g/mol. The second-order valence-corrected chi connectivity index (χ2v) is 7.87. The highest BCUT2D eigenvalue weighted by atomic mass is 16.3. The van der Waals surface area contributed by atoms with Crippen molar-refractivity contribution in [3.05, 3.63) is 34.9 Å². The van der Waals surface area contributed by atoms with Gasteiger partial charge in [-0.05, 0) is 61.5 Å².